The molecule has 1 aromatic carbocycles. The third-order valence-electron chi connectivity index (χ3n) is 4.64. The van der Waals surface area contributed by atoms with Crippen LogP contribution in [0.1, 0.15) is 30.9 Å². The number of fused-ring (bicyclic) bond motifs is 1. The number of hydrogen-bond acceptors (Lipinski definition) is 4. The largest absolute Gasteiger partial charge is 0.477 e. The number of ketones is 1. The lowest BCUT2D eigenvalue weighted by atomic mass is 9.77. The Bertz CT molecular complexity index is 731. The molecule has 1 aromatic rings. The average molecular weight is 349 g/mol. The quantitative estimate of drug-likeness (QED) is 0.790. The van der Waals surface area contributed by atoms with Gasteiger partial charge in [-0.2, -0.15) is 0 Å². The molecule has 0 saturated carbocycles. The number of Topliss-reactive ketones (excluding diaryl/α,β-unsaturated/α-hetero) is 1. The number of rotatable bonds is 5. The molecule has 0 radical (unpaired) electrons. The van der Waals surface area contributed by atoms with Gasteiger partial charge in [-0.15, -0.1) is 0 Å². The summed E-state index contributed by atoms with van der Waals surface area (Å²) in [6.07, 6.45) is 0.966. The number of hydrogen-bond donors (Lipinski definition) is 2. The van der Waals surface area contributed by atoms with Gasteiger partial charge in [0.1, 0.15) is 5.70 Å². The van der Waals surface area contributed by atoms with Gasteiger partial charge in [0.05, 0.1) is 12.0 Å². The molecule has 1 saturated heterocycles. The standard InChI is InChI=1S/C17H17ClN2O4/c18-11-6-7-12-10(16(22)20(12)15(11)17(23)24)8-13(21)14(19)9-4-2-1-3-5-9/h1-5,10,12,14H,6-8,19H2,(H,23,24)/t10-,12?,14+/m0/s1. The van der Waals surface area contributed by atoms with Crippen LogP contribution in [0.25, 0.3) is 0 Å². The van der Waals surface area contributed by atoms with E-state index in [0.717, 1.165) is 0 Å². The minimum atomic E-state index is -1.22. The predicted octanol–water partition coefficient (Wildman–Crippen LogP) is 1.80. The van der Waals surface area contributed by atoms with Crippen LogP contribution < -0.4 is 5.73 Å². The highest BCUT2D eigenvalue weighted by Crippen LogP contribution is 2.43. The van der Waals surface area contributed by atoms with E-state index in [1.165, 1.54) is 4.90 Å². The number of nitrogens with zero attached hydrogens (tertiary/aromatic N) is 1. The summed E-state index contributed by atoms with van der Waals surface area (Å²) < 4.78 is 0. The maximum atomic E-state index is 12.4. The molecule has 2 aliphatic rings. The van der Waals surface area contributed by atoms with Crippen LogP contribution in [0.4, 0.5) is 0 Å². The highest BCUT2D eigenvalue weighted by molar-refractivity contribution is 6.32. The van der Waals surface area contributed by atoms with Gasteiger partial charge in [0, 0.05) is 17.5 Å². The molecule has 126 valence electrons. The maximum absolute atomic E-state index is 12.4. The number of halogens is 1. The summed E-state index contributed by atoms with van der Waals surface area (Å²) in [5, 5.41) is 9.41. The number of aliphatic carboxylic acids is 1. The summed E-state index contributed by atoms with van der Waals surface area (Å²) in [5.74, 6) is -2.34. The summed E-state index contributed by atoms with van der Waals surface area (Å²) in [4.78, 5) is 37.2. The van der Waals surface area contributed by atoms with Crippen molar-refractivity contribution in [1.29, 1.82) is 0 Å². The molecule has 3 atom stereocenters. The van der Waals surface area contributed by atoms with Gasteiger partial charge in [-0.3, -0.25) is 9.59 Å². The Balaban J connectivity index is 1.71. The Morgan fingerprint density at radius 2 is 2.00 bits per heavy atom. The van der Waals surface area contributed by atoms with Crippen molar-refractivity contribution in [3.63, 3.8) is 0 Å². The molecule has 3 rings (SSSR count). The molecule has 1 amide bonds. The van der Waals surface area contributed by atoms with Gasteiger partial charge in [0.25, 0.3) is 0 Å². The number of carbonyl (C=O) groups excluding carboxylic acids is 2. The van der Waals surface area contributed by atoms with Crippen molar-refractivity contribution in [1.82, 2.24) is 4.90 Å². The molecular weight excluding hydrogens is 332 g/mol. The van der Waals surface area contributed by atoms with Gasteiger partial charge in [-0.25, -0.2) is 4.79 Å². The number of carboxylic acid groups (broad SMARTS) is 1. The van der Waals surface area contributed by atoms with Crippen molar-refractivity contribution < 1.29 is 19.5 Å². The van der Waals surface area contributed by atoms with Gasteiger partial charge in [0.15, 0.2) is 5.78 Å². The monoisotopic (exact) mass is 348 g/mol. The summed E-state index contributed by atoms with van der Waals surface area (Å²) >= 11 is 5.94. The van der Waals surface area contributed by atoms with E-state index in [0.29, 0.717) is 18.4 Å². The van der Waals surface area contributed by atoms with Gasteiger partial charge >= 0.3 is 5.97 Å². The smallest absolute Gasteiger partial charge is 0.353 e. The number of β-lactam (4-membered cyclic amide) rings is 1. The fraction of sp³-hybridized carbons (Fsp3) is 0.353. The van der Waals surface area contributed by atoms with Crippen LogP contribution in [0.15, 0.2) is 41.1 Å². The van der Waals surface area contributed by atoms with Crippen LogP contribution in [0.3, 0.4) is 0 Å². The molecule has 2 heterocycles. The van der Waals surface area contributed by atoms with Crippen LogP contribution in [-0.2, 0) is 14.4 Å². The van der Waals surface area contributed by atoms with Gasteiger partial charge in [0.2, 0.25) is 5.91 Å². The third-order valence-corrected chi connectivity index (χ3v) is 5.01. The van der Waals surface area contributed by atoms with Crippen LogP contribution in [0, 0.1) is 5.92 Å². The minimum absolute atomic E-state index is 0.0145. The topological polar surface area (TPSA) is 101 Å². The zero-order valence-electron chi connectivity index (χ0n) is 12.8. The fourth-order valence-corrected chi connectivity index (χ4v) is 3.65. The van der Waals surface area contributed by atoms with Gasteiger partial charge in [-0.1, -0.05) is 41.9 Å². The lowest BCUT2D eigenvalue weighted by Gasteiger charge is -2.49. The Morgan fingerprint density at radius 3 is 2.62 bits per heavy atom. The number of carbonyl (C=O) groups is 3. The first kappa shape index (κ1) is 16.7. The van der Waals surface area contributed by atoms with E-state index in [1.54, 1.807) is 24.3 Å². The molecule has 2 aliphatic heterocycles. The van der Waals surface area contributed by atoms with Crippen molar-refractivity contribution in [2.24, 2.45) is 11.7 Å². The van der Waals surface area contributed by atoms with E-state index in [1.807, 2.05) is 6.07 Å². The first-order chi connectivity index (χ1) is 11.4. The second kappa shape index (κ2) is 6.37. The van der Waals surface area contributed by atoms with Gasteiger partial charge < -0.3 is 15.7 Å². The first-order valence-electron chi connectivity index (χ1n) is 7.70. The van der Waals surface area contributed by atoms with Crippen LogP contribution in [0.5, 0.6) is 0 Å². The lowest BCUT2D eigenvalue weighted by Crippen LogP contribution is -2.63. The Morgan fingerprint density at radius 1 is 1.33 bits per heavy atom. The Kier molecular flexibility index (Phi) is 4.43. The van der Waals surface area contributed by atoms with Crippen LogP contribution >= 0.6 is 11.6 Å². The van der Waals surface area contributed by atoms with Crippen molar-refractivity contribution in [2.75, 3.05) is 0 Å². The van der Waals surface area contributed by atoms with Crippen molar-refractivity contribution in [2.45, 2.75) is 31.3 Å². The summed E-state index contributed by atoms with van der Waals surface area (Å²) in [6.45, 7) is 0. The van der Waals surface area contributed by atoms with E-state index < -0.39 is 17.9 Å². The molecule has 0 bridgehead atoms. The molecule has 1 unspecified atom stereocenters. The van der Waals surface area contributed by atoms with Crippen LogP contribution in [-0.4, -0.2) is 33.7 Å². The average Bonchev–Trinajstić information content (AvgIpc) is 2.59. The number of amides is 1. The van der Waals surface area contributed by atoms with Crippen molar-refractivity contribution in [3.05, 3.63) is 46.6 Å². The number of carboxylic acids is 1. The molecule has 6 nitrogen and oxygen atoms in total. The Labute approximate surface area is 143 Å². The summed E-state index contributed by atoms with van der Waals surface area (Å²) in [5.41, 5.74) is 6.52. The minimum Gasteiger partial charge on any atom is -0.477 e. The second-order valence-corrected chi connectivity index (χ2v) is 6.49. The normalized spacial score (nSPS) is 24.2. The lowest BCUT2D eigenvalue weighted by molar-refractivity contribution is -0.160. The van der Waals surface area contributed by atoms with E-state index in [2.05, 4.69) is 0 Å². The molecule has 7 heteroatoms. The van der Waals surface area contributed by atoms with Crippen LogP contribution in [0.2, 0.25) is 0 Å². The summed E-state index contributed by atoms with van der Waals surface area (Å²) in [7, 11) is 0. The second-order valence-electron chi connectivity index (χ2n) is 6.04. The molecule has 24 heavy (non-hydrogen) atoms. The summed E-state index contributed by atoms with van der Waals surface area (Å²) in [6, 6.07) is 7.89. The molecule has 0 aromatic heterocycles. The number of allylic oxidation sites excluding steroid dienone is 1. The highest BCUT2D eigenvalue weighted by Gasteiger charge is 2.53. The SMILES string of the molecule is N[C@@H](C(=O)C[C@@H]1C(=O)N2C(C(=O)O)=C(Cl)CCC12)c1ccccc1. The van der Waals surface area contributed by atoms with Crippen molar-refractivity contribution >= 4 is 29.3 Å². The van der Waals surface area contributed by atoms with E-state index in [9.17, 15) is 19.5 Å². The maximum Gasteiger partial charge on any atom is 0.353 e. The third kappa shape index (κ3) is 2.72. The molecule has 0 aliphatic carbocycles. The number of nitrogens with two attached hydrogens (primary N) is 1. The molecular formula is C17H17ClN2O4. The zero-order valence-corrected chi connectivity index (χ0v) is 13.6. The predicted molar refractivity (Wildman–Crippen MR) is 86.9 cm³/mol. The zero-order chi connectivity index (χ0) is 17.4. The molecule has 1 fully saturated rings. The van der Waals surface area contributed by atoms with E-state index in [4.69, 9.17) is 17.3 Å². The molecule has 3 N–H and O–H groups in total. The van der Waals surface area contributed by atoms with Gasteiger partial charge in [-0.05, 0) is 18.4 Å². The van der Waals surface area contributed by atoms with E-state index >= 15 is 0 Å². The van der Waals surface area contributed by atoms with E-state index in [-0.39, 0.29) is 34.9 Å². The Hall–Kier alpha value is -2.18. The first-order valence-corrected chi connectivity index (χ1v) is 8.08. The fourth-order valence-electron chi connectivity index (χ4n) is 3.37. The molecule has 0 spiro atoms. The van der Waals surface area contributed by atoms with Crippen molar-refractivity contribution in [3.8, 4) is 0 Å². The highest BCUT2D eigenvalue weighted by atomic mass is 35.5. The number of benzene rings is 1.